The average Bonchev–Trinajstić information content (AvgIpc) is 2.48. The van der Waals surface area contributed by atoms with Gasteiger partial charge in [-0.1, -0.05) is 42.5 Å². The SMILES string of the molecule is CC(N)c1ccc(N(CCO)Cc2ccccc2)cc1. The molecule has 0 heterocycles. The summed E-state index contributed by atoms with van der Waals surface area (Å²) in [6, 6.07) is 18.6. The van der Waals surface area contributed by atoms with Gasteiger partial charge in [-0.15, -0.1) is 0 Å². The number of benzene rings is 2. The molecule has 0 aliphatic rings. The minimum absolute atomic E-state index is 0.0458. The van der Waals surface area contributed by atoms with Crippen molar-refractivity contribution in [2.24, 2.45) is 5.73 Å². The van der Waals surface area contributed by atoms with Crippen molar-refractivity contribution >= 4 is 5.69 Å². The minimum atomic E-state index is 0.0458. The summed E-state index contributed by atoms with van der Waals surface area (Å²) in [5, 5.41) is 9.26. The van der Waals surface area contributed by atoms with E-state index in [1.165, 1.54) is 5.56 Å². The van der Waals surface area contributed by atoms with Crippen molar-refractivity contribution < 1.29 is 5.11 Å². The maximum absolute atomic E-state index is 9.26. The van der Waals surface area contributed by atoms with Gasteiger partial charge in [0.1, 0.15) is 0 Å². The first-order valence-electron chi connectivity index (χ1n) is 6.96. The molecule has 0 amide bonds. The fourth-order valence-electron chi connectivity index (χ4n) is 2.21. The molecule has 20 heavy (non-hydrogen) atoms. The van der Waals surface area contributed by atoms with Crippen LogP contribution in [0.2, 0.25) is 0 Å². The second-order valence-corrected chi connectivity index (χ2v) is 5.01. The molecule has 0 bridgehead atoms. The lowest BCUT2D eigenvalue weighted by molar-refractivity contribution is 0.301. The number of aliphatic hydroxyl groups is 1. The number of hydrogen-bond donors (Lipinski definition) is 2. The summed E-state index contributed by atoms with van der Waals surface area (Å²) in [4.78, 5) is 2.17. The Hall–Kier alpha value is -1.84. The van der Waals surface area contributed by atoms with Gasteiger partial charge in [0.25, 0.3) is 0 Å². The lowest BCUT2D eigenvalue weighted by Crippen LogP contribution is -2.26. The molecule has 3 N–H and O–H groups in total. The Balaban J connectivity index is 2.15. The van der Waals surface area contributed by atoms with Gasteiger partial charge in [0.2, 0.25) is 0 Å². The highest BCUT2D eigenvalue weighted by Gasteiger charge is 2.07. The van der Waals surface area contributed by atoms with E-state index in [4.69, 9.17) is 5.73 Å². The Morgan fingerprint density at radius 1 is 1.05 bits per heavy atom. The summed E-state index contributed by atoms with van der Waals surface area (Å²) >= 11 is 0. The van der Waals surface area contributed by atoms with Crippen LogP contribution in [0.25, 0.3) is 0 Å². The van der Waals surface area contributed by atoms with Gasteiger partial charge in [-0.05, 0) is 30.2 Å². The number of anilines is 1. The molecule has 106 valence electrons. The molecule has 1 atom stereocenters. The molecule has 3 nitrogen and oxygen atoms in total. The molecular weight excluding hydrogens is 248 g/mol. The van der Waals surface area contributed by atoms with E-state index in [1.54, 1.807) is 0 Å². The standard InChI is InChI=1S/C17H22N2O/c1-14(18)16-7-9-17(10-8-16)19(11-12-20)13-15-5-3-2-4-6-15/h2-10,14,20H,11-13,18H2,1H3. The summed E-state index contributed by atoms with van der Waals surface area (Å²) in [6.07, 6.45) is 0. The molecule has 0 aromatic heterocycles. The molecule has 0 fully saturated rings. The molecule has 0 aliphatic heterocycles. The van der Waals surface area contributed by atoms with Crippen molar-refractivity contribution in [3.8, 4) is 0 Å². The molecule has 3 heteroatoms. The van der Waals surface area contributed by atoms with Crippen molar-refractivity contribution in [3.63, 3.8) is 0 Å². The van der Waals surface area contributed by atoms with E-state index in [0.29, 0.717) is 6.54 Å². The maximum atomic E-state index is 9.26. The quantitative estimate of drug-likeness (QED) is 0.848. The zero-order chi connectivity index (χ0) is 14.4. The Morgan fingerprint density at radius 2 is 1.70 bits per heavy atom. The van der Waals surface area contributed by atoms with Crippen LogP contribution >= 0.6 is 0 Å². The number of rotatable bonds is 6. The van der Waals surface area contributed by atoms with Gasteiger partial charge in [0.15, 0.2) is 0 Å². The normalized spacial score (nSPS) is 12.2. The maximum Gasteiger partial charge on any atom is 0.0606 e. The molecule has 0 saturated carbocycles. The second-order valence-electron chi connectivity index (χ2n) is 5.01. The zero-order valence-electron chi connectivity index (χ0n) is 11.9. The molecule has 0 aliphatic carbocycles. The fraction of sp³-hybridized carbons (Fsp3) is 0.294. The Morgan fingerprint density at radius 3 is 2.25 bits per heavy atom. The first kappa shape index (κ1) is 14.6. The van der Waals surface area contributed by atoms with Crippen LogP contribution in [0.15, 0.2) is 54.6 Å². The lowest BCUT2D eigenvalue weighted by atomic mass is 10.1. The van der Waals surface area contributed by atoms with E-state index >= 15 is 0 Å². The Bertz CT molecular complexity index is 508. The van der Waals surface area contributed by atoms with Crippen LogP contribution in [-0.4, -0.2) is 18.3 Å². The summed E-state index contributed by atoms with van der Waals surface area (Å²) < 4.78 is 0. The zero-order valence-corrected chi connectivity index (χ0v) is 11.9. The van der Waals surface area contributed by atoms with E-state index in [2.05, 4.69) is 41.3 Å². The van der Waals surface area contributed by atoms with Crippen molar-refractivity contribution in [2.75, 3.05) is 18.1 Å². The molecule has 2 aromatic carbocycles. The van der Waals surface area contributed by atoms with Crippen LogP contribution in [0.3, 0.4) is 0 Å². The van der Waals surface area contributed by atoms with Crippen molar-refractivity contribution in [3.05, 3.63) is 65.7 Å². The van der Waals surface area contributed by atoms with Gasteiger partial charge in [0.05, 0.1) is 6.61 Å². The van der Waals surface area contributed by atoms with E-state index in [0.717, 1.165) is 17.8 Å². The first-order valence-corrected chi connectivity index (χ1v) is 6.96. The van der Waals surface area contributed by atoms with Crippen LogP contribution in [0.5, 0.6) is 0 Å². The van der Waals surface area contributed by atoms with E-state index < -0.39 is 0 Å². The average molecular weight is 270 g/mol. The summed E-state index contributed by atoms with van der Waals surface area (Å²) in [7, 11) is 0. The van der Waals surface area contributed by atoms with E-state index in [9.17, 15) is 5.11 Å². The van der Waals surface area contributed by atoms with Crippen molar-refractivity contribution in [1.29, 1.82) is 0 Å². The third-order valence-electron chi connectivity index (χ3n) is 3.37. The third kappa shape index (κ3) is 3.83. The van der Waals surface area contributed by atoms with Crippen molar-refractivity contribution in [1.82, 2.24) is 0 Å². The highest BCUT2D eigenvalue weighted by atomic mass is 16.3. The molecule has 2 rings (SSSR count). The van der Waals surface area contributed by atoms with Gasteiger partial charge in [-0.3, -0.25) is 0 Å². The van der Waals surface area contributed by atoms with Gasteiger partial charge >= 0.3 is 0 Å². The minimum Gasteiger partial charge on any atom is -0.395 e. The predicted octanol–water partition coefficient (Wildman–Crippen LogP) is 2.71. The summed E-state index contributed by atoms with van der Waals surface area (Å²) in [5.41, 5.74) is 9.33. The van der Waals surface area contributed by atoms with Crippen LogP contribution in [0, 0.1) is 0 Å². The largest absolute Gasteiger partial charge is 0.395 e. The summed E-state index contributed by atoms with van der Waals surface area (Å²) in [6.45, 7) is 3.53. The number of nitrogens with zero attached hydrogens (tertiary/aromatic N) is 1. The van der Waals surface area contributed by atoms with Gasteiger partial charge in [-0.25, -0.2) is 0 Å². The van der Waals surface area contributed by atoms with Crippen LogP contribution in [0.4, 0.5) is 5.69 Å². The van der Waals surface area contributed by atoms with E-state index in [1.807, 2.05) is 25.1 Å². The Labute approximate surface area is 120 Å². The fourth-order valence-corrected chi connectivity index (χ4v) is 2.21. The molecule has 0 saturated heterocycles. The lowest BCUT2D eigenvalue weighted by Gasteiger charge is -2.24. The predicted molar refractivity (Wildman–Crippen MR) is 83.6 cm³/mol. The highest BCUT2D eigenvalue weighted by Crippen LogP contribution is 2.20. The van der Waals surface area contributed by atoms with Crippen LogP contribution in [-0.2, 0) is 6.54 Å². The Kier molecular flexibility index (Phi) is 5.16. The molecule has 0 radical (unpaired) electrons. The van der Waals surface area contributed by atoms with E-state index in [-0.39, 0.29) is 12.6 Å². The topological polar surface area (TPSA) is 49.5 Å². The third-order valence-corrected chi connectivity index (χ3v) is 3.37. The van der Waals surface area contributed by atoms with Gasteiger partial charge in [0, 0.05) is 24.8 Å². The first-order chi connectivity index (χ1) is 9.70. The smallest absolute Gasteiger partial charge is 0.0606 e. The molecule has 2 aromatic rings. The van der Waals surface area contributed by atoms with Crippen molar-refractivity contribution in [2.45, 2.75) is 19.5 Å². The van der Waals surface area contributed by atoms with Gasteiger partial charge in [-0.2, -0.15) is 0 Å². The monoisotopic (exact) mass is 270 g/mol. The molecule has 0 spiro atoms. The molecule has 1 unspecified atom stereocenters. The summed E-state index contributed by atoms with van der Waals surface area (Å²) in [5.74, 6) is 0. The number of aliphatic hydroxyl groups excluding tert-OH is 1. The number of nitrogens with two attached hydrogens (primary N) is 1. The van der Waals surface area contributed by atoms with Crippen LogP contribution in [0.1, 0.15) is 24.1 Å². The number of hydrogen-bond acceptors (Lipinski definition) is 3. The van der Waals surface area contributed by atoms with Crippen LogP contribution < -0.4 is 10.6 Å². The highest BCUT2D eigenvalue weighted by molar-refractivity contribution is 5.48. The van der Waals surface area contributed by atoms with Gasteiger partial charge < -0.3 is 15.7 Å². The molecular formula is C17H22N2O. The second kappa shape index (κ2) is 7.08.